The van der Waals surface area contributed by atoms with Gasteiger partial charge in [0.15, 0.2) is 5.65 Å². The summed E-state index contributed by atoms with van der Waals surface area (Å²) in [6, 6.07) is 59.0. The number of hydrogen-bond acceptors (Lipinski definition) is 4. The third-order valence-electron chi connectivity index (χ3n) is 10.3. The maximum atomic E-state index is 6.21. The second-order valence-corrected chi connectivity index (χ2v) is 13.4. The molecule has 0 saturated heterocycles. The van der Waals surface area contributed by atoms with E-state index in [4.69, 9.17) is 18.8 Å². The van der Waals surface area contributed by atoms with Crippen molar-refractivity contribution in [3.63, 3.8) is 0 Å². The number of nitrogens with zero attached hydrogens (tertiary/aromatic N) is 3. The third-order valence-corrected chi connectivity index (χ3v) is 10.3. The first-order valence-electron chi connectivity index (χ1n) is 17.7. The molecule has 0 aliphatic carbocycles. The Bertz CT molecular complexity index is 3040. The van der Waals surface area contributed by atoms with Gasteiger partial charge < -0.3 is 8.83 Å². The summed E-state index contributed by atoms with van der Waals surface area (Å²) >= 11 is 0. The third kappa shape index (κ3) is 4.79. The molecule has 5 nitrogen and oxygen atoms in total. The molecule has 0 atom stereocenters. The number of aromatic nitrogens is 3. The average molecular weight is 680 g/mol. The number of fused-ring (bicyclic) bond motifs is 7. The highest BCUT2D eigenvalue weighted by molar-refractivity contribution is 6.08. The Kier molecular flexibility index (Phi) is 6.48. The van der Waals surface area contributed by atoms with E-state index in [1.807, 2.05) is 42.6 Å². The standard InChI is InChI=1S/C48H29N3O2/c1-3-11-30(12-4-1)37-23-24-49-48-46(37)50-47(51(48)36-13-5-2-6-14-36)35-26-33(31-19-21-44-40(28-31)38-15-7-9-17-42(38)52-44)25-34(27-35)32-20-22-45-41(29-32)39-16-8-10-18-43(39)53-45/h1-29H. The molecule has 4 heterocycles. The first-order chi connectivity index (χ1) is 26.2. The van der Waals surface area contributed by atoms with Crippen LogP contribution in [0.25, 0.3) is 105 Å². The summed E-state index contributed by atoms with van der Waals surface area (Å²) in [5.74, 6) is 0.815. The monoisotopic (exact) mass is 679 g/mol. The Hall–Kier alpha value is -7.24. The van der Waals surface area contributed by atoms with Gasteiger partial charge >= 0.3 is 0 Å². The molecule has 5 heteroatoms. The largest absolute Gasteiger partial charge is 0.456 e. The molecule has 0 amide bonds. The van der Waals surface area contributed by atoms with Gasteiger partial charge in [0.05, 0.1) is 0 Å². The maximum Gasteiger partial charge on any atom is 0.165 e. The van der Waals surface area contributed by atoms with E-state index in [1.54, 1.807) is 0 Å². The van der Waals surface area contributed by atoms with Gasteiger partial charge in [-0.05, 0) is 101 Å². The Morgan fingerprint density at radius 2 is 0.925 bits per heavy atom. The van der Waals surface area contributed by atoms with Crippen molar-refractivity contribution in [3.05, 3.63) is 176 Å². The van der Waals surface area contributed by atoms with Crippen LogP contribution < -0.4 is 0 Å². The fourth-order valence-corrected chi connectivity index (χ4v) is 7.74. The highest BCUT2D eigenvalue weighted by atomic mass is 16.3. The van der Waals surface area contributed by atoms with Crippen molar-refractivity contribution >= 4 is 55.0 Å². The second kappa shape index (κ2) is 11.7. The number of rotatable bonds is 5. The van der Waals surface area contributed by atoms with Crippen LogP contribution in [0, 0.1) is 0 Å². The van der Waals surface area contributed by atoms with Crippen LogP contribution in [0.2, 0.25) is 0 Å². The van der Waals surface area contributed by atoms with Crippen LogP contribution in [-0.2, 0) is 0 Å². The van der Waals surface area contributed by atoms with Crippen LogP contribution in [0.5, 0.6) is 0 Å². The van der Waals surface area contributed by atoms with Crippen molar-refractivity contribution in [3.8, 4) is 50.5 Å². The van der Waals surface area contributed by atoms with Crippen LogP contribution in [0.4, 0.5) is 0 Å². The molecule has 0 spiro atoms. The Balaban J connectivity index is 1.19. The van der Waals surface area contributed by atoms with Crippen molar-refractivity contribution in [2.24, 2.45) is 0 Å². The first kappa shape index (κ1) is 29.5. The molecule has 0 saturated carbocycles. The molecule has 4 aromatic heterocycles. The predicted octanol–water partition coefficient (Wildman–Crippen LogP) is 12.9. The highest BCUT2D eigenvalue weighted by Gasteiger charge is 2.21. The fraction of sp³-hybridized carbons (Fsp3) is 0. The molecule has 11 aromatic rings. The van der Waals surface area contributed by atoms with E-state index in [2.05, 4.69) is 138 Å². The Morgan fingerprint density at radius 3 is 1.55 bits per heavy atom. The number of pyridine rings is 1. The van der Waals surface area contributed by atoms with Crippen LogP contribution >= 0.6 is 0 Å². The van der Waals surface area contributed by atoms with Gasteiger partial charge in [-0.15, -0.1) is 0 Å². The molecular formula is C48H29N3O2. The molecule has 248 valence electrons. The summed E-state index contributed by atoms with van der Waals surface area (Å²) in [7, 11) is 0. The minimum absolute atomic E-state index is 0.803. The summed E-state index contributed by atoms with van der Waals surface area (Å²) in [6.07, 6.45) is 1.88. The van der Waals surface area contributed by atoms with Gasteiger partial charge in [-0.25, -0.2) is 9.97 Å². The molecule has 0 bridgehead atoms. The fourth-order valence-electron chi connectivity index (χ4n) is 7.74. The van der Waals surface area contributed by atoms with Crippen molar-refractivity contribution in [1.82, 2.24) is 14.5 Å². The summed E-state index contributed by atoms with van der Waals surface area (Å²) in [6.45, 7) is 0. The molecule has 11 rings (SSSR count). The van der Waals surface area contributed by atoms with Gasteiger partial charge in [-0.2, -0.15) is 0 Å². The zero-order chi connectivity index (χ0) is 34.9. The molecule has 0 N–H and O–H groups in total. The lowest BCUT2D eigenvalue weighted by Gasteiger charge is -2.13. The van der Waals surface area contributed by atoms with E-state index in [-0.39, 0.29) is 0 Å². The number of hydrogen-bond donors (Lipinski definition) is 0. The molecule has 0 unspecified atom stereocenters. The molecule has 0 radical (unpaired) electrons. The SMILES string of the molecule is c1ccc(-c2ccnc3c2nc(-c2cc(-c4ccc5oc6ccccc6c5c4)cc(-c4ccc5oc6ccccc6c5c4)c2)n3-c2ccccc2)cc1. The lowest BCUT2D eigenvalue weighted by atomic mass is 9.94. The average Bonchev–Trinajstić information content (AvgIpc) is 3.92. The van der Waals surface area contributed by atoms with E-state index in [0.717, 1.165) is 105 Å². The van der Waals surface area contributed by atoms with Crippen LogP contribution in [0.1, 0.15) is 0 Å². The van der Waals surface area contributed by atoms with E-state index in [1.165, 1.54) is 0 Å². The van der Waals surface area contributed by atoms with Gasteiger partial charge in [0, 0.05) is 44.6 Å². The van der Waals surface area contributed by atoms with Crippen LogP contribution in [0.3, 0.4) is 0 Å². The molecule has 0 fully saturated rings. The summed E-state index contributed by atoms with van der Waals surface area (Å²) in [5.41, 5.74) is 13.6. The van der Waals surface area contributed by atoms with Crippen molar-refractivity contribution in [1.29, 1.82) is 0 Å². The van der Waals surface area contributed by atoms with Crippen molar-refractivity contribution < 1.29 is 8.83 Å². The van der Waals surface area contributed by atoms with E-state index in [0.29, 0.717) is 0 Å². The molecular weight excluding hydrogens is 651 g/mol. The van der Waals surface area contributed by atoms with Crippen LogP contribution in [0.15, 0.2) is 185 Å². The minimum atomic E-state index is 0.803. The van der Waals surface area contributed by atoms with Crippen LogP contribution in [-0.4, -0.2) is 14.5 Å². The maximum absolute atomic E-state index is 6.21. The molecule has 0 aliphatic heterocycles. The zero-order valence-corrected chi connectivity index (χ0v) is 28.4. The molecule has 7 aromatic carbocycles. The number of benzene rings is 7. The number of para-hydroxylation sites is 3. The molecule has 53 heavy (non-hydrogen) atoms. The lowest BCUT2D eigenvalue weighted by molar-refractivity contribution is 0.668. The second-order valence-electron chi connectivity index (χ2n) is 13.4. The smallest absolute Gasteiger partial charge is 0.165 e. The van der Waals surface area contributed by atoms with Crippen molar-refractivity contribution in [2.75, 3.05) is 0 Å². The number of imidazole rings is 1. The van der Waals surface area contributed by atoms with Gasteiger partial charge in [0.2, 0.25) is 0 Å². The van der Waals surface area contributed by atoms with Crippen molar-refractivity contribution in [2.45, 2.75) is 0 Å². The topological polar surface area (TPSA) is 57.0 Å². The number of furan rings is 2. The Morgan fingerprint density at radius 1 is 0.396 bits per heavy atom. The summed E-state index contributed by atoms with van der Waals surface area (Å²) in [5, 5.41) is 4.38. The predicted molar refractivity (Wildman–Crippen MR) is 215 cm³/mol. The highest BCUT2D eigenvalue weighted by Crippen LogP contribution is 2.40. The van der Waals surface area contributed by atoms with E-state index in [9.17, 15) is 0 Å². The van der Waals surface area contributed by atoms with Gasteiger partial charge in [0.25, 0.3) is 0 Å². The normalized spacial score (nSPS) is 11.8. The van der Waals surface area contributed by atoms with Gasteiger partial charge in [-0.1, -0.05) is 97.1 Å². The quantitative estimate of drug-likeness (QED) is 0.182. The minimum Gasteiger partial charge on any atom is -0.456 e. The summed E-state index contributed by atoms with van der Waals surface area (Å²) < 4.78 is 14.6. The zero-order valence-electron chi connectivity index (χ0n) is 28.4. The molecule has 0 aliphatic rings. The Labute approximate surface area is 304 Å². The van der Waals surface area contributed by atoms with Gasteiger partial charge in [0.1, 0.15) is 33.7 Å². The van der Waals surface area contributed by atoms with E-state index < -0.39 is 0 Å². The van der Waals surface area contributed by atoms with E-state index >= 15 is 0 Å². The first-order valence-corrected chi connectivity index (χ1v) is 17.7. The lowest BCUT2D eigenvalue weighted by Crippen LogP contribution is -1.99. The summed E-state index contributed by atoms with van der Waals surface area (Å²) in [4.78, 5) is 10.4. The van der Waals surface area contributed by atoms with Gasteiger partial charge in [-0.3, -0.25) is 4.57 Å².